The Morgan fingerprint density at radius 1 is 0.963 bits per heavy atom. The Kier molecular flexibility index (Phi) is 5.19. The number of fused-ring (bicyclic) bond motifs is 1. The third-order valence-electron chi connectivity index (χ3n) is 5.73. The van der Waals surface area contributed by atoms with E-state index in [1.54, 1.807) is 18.3 Å². The van der Waals surface area contributed by atoms with Gasteiger partial charge in [-0.3, -0.25) is 14.6 Å². The molecule has 5 heteroatoms. The zero-order chi connectivity index (χ0) is 18.6. The maximum atomic E-state index is 12.7. The van der Waals surface area contributed by atoms with E-state index in [-0.39, 0.29) is 23.8 Å². The minimum Gasteiger partial charge on any atom is -0.353 e. The van der Waals surface area contributed by atoms with Crippen molar-refractivity contribution in [1.29, 1.82) is 0 Å². The lowest BCUT2D eigenvalue weighted by molar-refractivity contribution is -0.127. The van der Waals surface area contributed by atoms with E-state index >= 15 is 0 Å². The van der Waals surface area contributed by atoms with E-state index in [0.717, 1.165) is 19.3 Å². The van der Waals surface area contributed by atoms with Crippen LogP contribution in [0.25, 0.3) is 0 Å². The molecule has 27 heavy (non-hydrogen) atoms. The van der Waals surface area contributed by atoms with Crippen LogP contribution >= 0.6 is 0 Å². The zero-order valence-electron chi connectivity index (χ0n) is 15.4. The van der Waals surface area contributed by atoms with Crippen molar-refractivity contribution in [2.45, 2.75) is 38.1 Å². The lowest BCUT2D eigenvalue weighted by atomic mass is 9.87. The SMILES string of the molecule is O=C(NC1CCc2ccccc2C1)C1CCN(C(=O)c2ccccn2)CC1. The van der Waals surface area contributed by atoms with Crippen LogP contribution in [0, 0.1) is 5.92 Å². The number of aryl methyl sites for hydroxylation is 1. The third-order valence-corrected chi connectivity index (χ3v) is 5.73. The van der Waals surface area contributed by atoms with Crippen molar-refractivity contribution in [3.8, 4) is 0 Å². The summed E-state index contributed by atoms with van der Waals surface area (Å²) in [4.78, 5) is 31.1. The van der Waals surface area contributed by atoms with Gasteiger partial charge in [-0.15, -0.1) is 0 Å². The molecule has 1 atom stereocenters. The standard InChI is InChI=1S/C22H25N3O2/c26-21(24-19-9-8-16-5-1-2-6-18(16)15-19)17-10-13-25(14-11-17)22(27)20-7-3-4-12-23-20/h1-7,12,17,19H,8-11,13-15H2,(H,24,26). The molecule has 0 spiro atoms. The number of likely N-dealkylation sites (tertiary alicyclic amines) is 1. The van der Waals surface area contributed by atoms with E-state index in [1.165, 1.54) is 11.1 Å². The van der Waals surface area contributed by atoms with Crippen LogP contribution in [0.4, 0.5) is 0 Å². The molecule has 1 N–H and O–H groups in total. The molecule has 0 bridgehead atoms. The second kappa shape index (κ2) is 7.91. The summed E-state index contributed by atoms with van der Waals surface area (Å²) in [5.74, 6) is 0.0950. The lowest BCUT2D eigenvalue weighted by Crippen LogP contribution is -2.46. The molecule has 0 radical (unpaired) electrons. The number of carbonyl (C=O) groups is 2. The van der Waals surface area contributed by atoms with E-state index in [4.69, 9.17) is 0 Å². The second-order valence-corrected chi connectivity index (χ2v) is 7.50. The van der Waals surface area contributed by atoms with Crippen molar-refractivity contribution in [2.24, 2.45) is 5.92 Å². The molecular weight excluding hydrogens is 338 g/mol. The largest absolute Gasteiger partial charge is 0.353 e. The number of carbonyl (C=O) groups excluding carboxylic acids is 2. The summed E-state index contributed by atoms with van der Waals surface area (Å²) in [5.41, 5.74) is 3.23. The monoisotopic (exact) mass is 363 g/mol. The molecule has 140 valence electrons. The van der Waals surface area contributed by atoms with Gasteiger partial charge in [-0.1, -0.05) is 30.3 Å². The maximum Gasteiger partial charge on any atom is 0.272 e. The Labute approximate surface area is 159 Å². The molecule has 1 aromatic heterocycles. The first kappa shape index (κ1) is 17.7. The number of pyridine rings is 1. The molecular formula is C22H25N3O2. The van der Waals surface area contributed by atoms with E-state index in [1.807, 2.05) is 11.0 Å². The Balaban J connectivity index is 1.29. The fourth-order valence-electron chi connectivity index (χ4n) is 4.14. The Hall–Kier alpha value is -2.69. The number of piperidine rings is 1. The topological polar surface area (TPSA) is 62.3 Å². The maximum absolute atomic E-state index is 12.7. The molecule has 1 aliphatic carbocycles. The summed E-state index contributed by atoms with van der Waals surface area (Å²) < 4.78 is 0. The molecule has 4 rings (SSSR count). The Bertz CT molecular complexity index is 813. The molecule has 2 amide bonds. The fraction of sp³-hybridized carbons (Fsp3) is 0.409. The Morgan fingerprint density at radius 3 is 2.44 bits per heavy atom. The van der Waals surface area contributed by atoms with E-state index < -0.39 is 0 Å². The highest BCUT2D eigenvalue weighted by atomic mass is 16.2. The van der Waals surface area contributed by atoms with Crippen LogP contribution in [0.1, 0.15) is 40.9 Å². The highest BCUT2D eigenvalue weighted by molar-refractivity contribution is 5.92. The number of hydrogen-bond donors (Lipinski definition) is 1. The van der Waals surface area contributed by atoms with Gasteiger partial charge in [0.15, 0.2) is 0 Å². The van der Waals surface area contributed by atoms with Crippen LogP contribution < -0.4 is 5.32 Å². The lowest BCUT2D eigenvalue weighted by Gasteiger charge is -2.33. The third kappa shape index (κ3) is 4.02. The van der Waals surface area contributed by atoms with Crippen LogP contribution in [0.3, 0.4) is 0 Å². The molecule has 1 aromatic carbocycles. The summed E-state index contributed by atoms with van der Waals surface area (Å²) in [5, 5.41) is 3.25. The average molecular weight is 363 g/mol. The van der Waals surface area contributed by atoms with Crippen molar-refractivity contribution in [3.63, 3.8) is 0 Å². The van der Waals surface area contributed by atoms with Crippen molar-refractivity contribution >= 4 is 11.8 Å². The number of aromatic nitrogens is 1. The summed E-state index contributed by atoms with van der Waals surface area (Å²) in [7, 11) is 0. The number of benzene rings is 1. The summed E-state index contributed by atoms with van der Waals surface area (Å²) >= 11 is 0. The molecule has 1 aliphatic heterocycles. The number of amides is 2. The van der Waals surface area contributed by atoms with E-state index in [2.05, 4.69) is 34.6 Å². The van der Waals surface area contributed by atoms with Gasteiger partial charge in [0, 0.05) is 31.2 Å². The van der Waals surface area contributed by atoms with E-state index in [0.29, 0.717) is 31.6 Å². The minimum absolute atomic E-state index is 0.00467. The van der Waals surface area contributed by atoms with E-state index in [9.17, 15) is 9.59 Å². The van der Waals surface area contributed by atoms with Crippen LogP contribution in [0.2, 0.25) is 0 Å². The molecule has 0 saturated carbocycles. The van der Waals surface area contributed by atoms with Gasteiger partial charge in [-0.25, -0.2) is 0 Å². The first-order valence-electron chi connectivity index (χ1n) is 9.78. The number of nitrogens with one attached hydrogen (secondary N) is 1. The van der Waals surface area contributed by atoms with Crippen LogP contribution in [-0.2, 0) is 17.6 Å². The van der Waals surface area contributed by atoms with Gasteiger partial charge in [0.2, 0.25) is 5.91 Å². The van der Waals surface area contributed by atoms with Crippen molar-refractivity contribution in [3.05, 3.63) is 65.5 Å². The highest BCUT2D eigenvalue weighted by Crippen LogP contribution is 2.23. The highest BCUT2D eigenvalue weighted by Gasteiger charge is 2.30. The predicted octanol–water partition coefficient (Wildman–Crippen LogP) is 2.61. The van der Waals surface area contributed by atoms with Crippen molar-refractivity contribution in [1.82, 2.24) is 15.2 Å². The summed E-state index contributed by atoms with van der Waals surface area (Å²) in [6.45, 7) is 1.22. The molecule has 2 aliphatic rings. The average Bonchev–Trinajstić information content (AvgIpc) is 2.74. The zero-order valence-corrected chi connectivity index (χ0v) is 15.4. The number of nitrogens with zero attached hydrogens (tertiary/aromatic N) is 2. The van der Waals surface area contributed by atoms with Gasteiger partial charge >= 0.3 is 0 Å². The normalized spacial score (nSPS) is 20.0. The first-order chi connectivity index (χ1) is 13.2. The Morgan fingerprint density at radius 2 is 1.70 bits per heavy atom. The molecule has 2 heterocycles. The second-order valence-electron chi connectivity index (χ2n) is 7.50. The molecule has 2 aromatic rings. The minimum atomic E-state index is -0.0432. The summed E-state index contributed by atoms with van der Waals surface area (Å²) in [6.07, 6.45) is 6.01. The van der Waals surface area contributed by atoms with Crippen molar-refractivity contribution < 1.29 is 9.59 Å². The molecule has 1 fully saturated rings. The first-order valence-corrected chi connectivity index (χ1v) is 9.78. The van der Waals surface area contributed by atoms with Gasteiger partial charge in [0.25, 0.3) is 5.91 Å². The van der Waals surface area contributed by atoms with Gasteiger partial charge in [-0.2, -0.15) is 0 Å². The molecule has 5 nitrogen and oxygen atoms in total. The van der Waals surface area contributed by atoms with Crippen LogP contribution in [-0.4, -0.2) is 40.8 Å². The van der Waals surface area contributed by atoms with Gasteiger partial charge < -0.3 is 10.2 Å². The molecule has 1 saturated heterocycles. The van der Waals surface area contributed by atoms with Crippen LogP contribution in [0.15, 0.2) is 48.7 Å². The quantitative estimate of drug-likeness (QED) is 0.912. The predicted molar refractivity (Wildman–Crippen MR) is 103 cm³/mol. The van der Waals surface area contributed by atoms with Crippen molar-refractivity contribution in [2.75, 3.05) is 13.1 Å². The van der Waals surface area contributed by atoms with Gasteiger partial charge in [-0.05, 0) is 55.4 Å². The summed E-state index contributed by atoms with van der Waals surface area (Å²) in [6, 6.07) is 14.1. The fourth-order valence-corrected chi connectivity index (χ4v) is 4.14. The number of rotatable bonds is 3. The van der Waals surface area contributed by atoms with Gasteiger partial charge in [0.1, 0.15) is 5.69 Å². The smallest absolute Gasteiger partial charge is 0.272 e. The number of hydrogen-bond acceptors (Lipinski definition) is 3. The van der Waals surface area contributed by atoms with Crippen LogP contribution in [0.5, 0.6) is 0 Å². The molecule has 1 unspecified atom stereocenters. The van der Waals surface area contributed by atoms with Gasteiger partial charge in [0.05, 0.1) is 0 Å².